The molecule has 0 aromatic carbocycles. The van der Waals surface area contributed by atoms with Gasteiger partial charge in [0.25, 0.3) is 0 Å². The molecule has 2 fully saturated rings. The fourth-order valence-corrected chi connectivity index (χ4v) is 3.11. The van der Waals surface area contributed by atoms with E-state index in [0.717, 1.165) is 18.6 Å². The molecule has 0 amide bonds. The number of piperidine rings is 2. The number of nitriles is 1. The van der Waals surface area contributed by atoms with Gasteiger partial charge in [-0.2, -0.15) is 5.26 Å². The molecule has 84 valence electrons. The first-order valence-corrected chi connectivity index (χ1v) is 6.13. The molecule has 2 aliphatic heterocycles. The lowest BCUT2D eigenvalue weighted by Crippen LogP contribution is -2.54. The Morgan fingerprint density at radius 3 is 2.60 bits per heavy atom. The van der Waals surface area contributed by atoms with Crippen LogP contribution in [0.25, 0.3) is 0 Å². The molecule has 3 heteroatoms. The molecular formula is C12H21N3. The molecule has 1 N–H and O–H groups in total. The lowest BCUT2D eigenvalue weighted by Gasteiger charge is -2.47. The van der Waals surface area contributed by atoms with Crippen LogP contribution < -0.4 is 5.32 Å². The van der Waals surface area contributed by atoms with Crippen LogP contribution in [0.5, 0.6) is 0 Å². The second kappa shape index (κ2) is 4.96. The zero-order valence-electron chi connectivity index (χ0n) is 9.58. The highest BCUT2D eigenvalue weighted by atomic mass is 15.2. The molecule has 0 spiro atoms. The van der Waals surface area contributed by atoms with Gasteiger partial charge in [-0.05, 0) is 32.7 Å². The van der Waals surface area contributed by atoms with E-state index in [-0.39, 0.29) is 0 Å². The van der Waals surface area contributed by atoms with E-state index < -0.39 is 0 Å². The summed E-state index contributed by atoms with van der Waals surface area (Å²) in [6, 6.07) is 4.43. The summed E-state index contributed by atoms with van der Waals surface area (Å²) in [4.78, 5) is 2.58. The molecule has 2 bridgehead atoms. The highest BCUT2D eigenvalue weighted by Crippen LogP contribution is 2.32. The average Bonchev–Trinajstić information content (AvgIpc) is 2.19. The molecule has 3 nitrogen and oxygen atoms in total. The van der Waals surface area contributed by atoms with Gasteiger partial charge in [0.2, 0.25) is 0 Å². The lowest BCUT2D eigenvalue weighted by molar-refractivity contribution is 0.0489. The number of nitrogens with one attached hydrogen (secondary N) is 1. The maximum absolute atomic E-state index is 8.50. The molecule has 0 aromatic rings. The standard InChI is InChI=1S/C12H21N3/c1-15-11-4-2-5-12(15)9-10(8-11)14-7-3-6-13/h10-12,14H,2-5,7-9H2,1H3. The van der Waals surface area contributed by atoms with Crippen LogP contribution in [-0.4, -0.2) is 36.6 Å². The second-order valence-corrected chi connectivity index (χ2v) is 4.93. The van der Waals surface area contributed by atoms with Gasteiger partial charge in [0.05, 0.1) is 6.07 Å². The SMILES string of the molecule is CN1C2CCCC1CC(NCCC#N)C2. The lowest BCUT2D eigenvalue weighted by atomic mass is 9.82. The molecule has 2 heterocycles. The smallest absolute Gasteiger partial charge is 0.0635 e. The minimum absolute atomic E-state index is 0.641. The van der Waals surface area contributed by atoms with Gasteiger partial charge in [0.1, 0.15) is 0 Å². The van der Waals surface area contributed by atoms with Crippen LogP contribution in [0.2, 0.25) is 0 Å². The summed E-state index contributed by atoms with van der Waals surface area (Å²) in [5, 5.41) is 12.0. The van der Waals surface area contributed by atoms with Crippen molar-refractivity contribution in [2.24, 2.45) is 0 Å². The van der Waals surface area contributed by atoms with Crippen LogP contribution in [0.3, 0.4) is 0 Å². The topological polar surface area (TPSA) is 39.1 Å². The van der Waals surface area contributed by atoms with E-state index in [1.54, 1.807) is 0 Å². The largest absolute Gasteiger partial charge is 0.313 e. The number of rotatable bonds is 3. The van der Waals surface area contributed by atoms with E-state index in [0.29, 0.717) is 12.5 Å². The van der Waals surface area contributed by atoms with Crippen molar-refractivity contribution >= 4 is 0 Å². The van der Waals surface area contributed by atoms with Crippen molar-refractivity contribution in [2.45, 2.75) is 56.7 Å². The van der Waals surface area contributed by atoms with Gasteiger partial charge in [0.15, 0.2) is 0 Å². The molecule has 2 unspecified atom stereocenters. The Bertz CT molecular complexity index is 232. The summed E-state index contributed by atoms with van der Waals surface area (Å²) < 4.78 is 0. The number of hydrogen-bond acceptors (Lipinski definition) is 3. The summed E-state index contributed by atoms with van der Waals surface area (Å²) in [6.45, 7) is 0.865. The van der Waals surface area contributed by atoms with Crippen LogP contribution >= 0.6 is 0 Å². The predicted molar refractivity (Wildman–Crippen MR) is 60.4 cm³/mol. The highest BCUT2D eigenvalue weighted by molar-refractivity contribution is 4.93. The number of fused-ring (bicyclic) bond motifs is 2. The van der Waals surface area contributed by atoms with Crippen molar-refractivity contribution in [2.75, 3.05) is 13.6 Å². The molecule has 0 aromatic heterocycles. The zero-order chi connectivity index (χ0) is 10.7. The monoisotopic (exact) mass is 207 g/mol. The maximum Gasteiger partial charge on any atom is 0.0635 e. The first-order valence-electron chi connectivity index (χ1n) is 6.13. The summed E-state index contributed by atoms with van der Waals surface area (Å²) in [5.74, 6) is 0. The number of nitrogens with zero attached hydrogens (tertiary/aromatic N) is 2. The fraction of sp³-hybridized carbons (Fsp3) is 0.917. The Morgan fingerprint density at radius 1 is 1.33 bits per heavy atom. The van der Waals surface area contributed by atoms with Crippen LogP contribution in [0.15, 0.2) is 0 Å². The van der Waals surface area contributed by atoms with E-state index in [4.69, 9.17) is 5.26 Å². The van der Waals surface area contributed by atoms with E-state index in [1.165, 1.54) is 32.1 Å². The van der Waals surface area contributed by atoms with Crippen LogP contribution in [0.4, 0.5) is 0 Å². The van der Waals surface area contributed by atoms with Gasteiger partial charge in [-0.15, -0.1) is 0 Å². The molecule has 2 rings (SSSR count). The quantitative estimate of drug-likeness (QED) is 0.713. The van der Waals surface area contributed by atoms with E-state index >= 15 is 0 Å². The molecular weight excluding hydrogens is 186 g/mol. The fourth-order valence-electron chi connectivity index (χ4n) is 3.11. The third kappa shape index (κ3) is 2.50. The normalized spacial score (nSPS) is 36.1. The van der Waals surface area contributed by atoms with Gasteiger partial charge in [0, 0.05) is 31.1 Å². The van der Waals surface area contributed by atoms with Crippen molar-refractivity contribution in [3.05, 3.63) is 0 Å². The van der Waals surface area contributed by atoms with Gasteiger partial charge >= 0.3 is 0 Å². The average molecular weight is 207 g/mol. The molecule has 2 atom stereocenters. The third-order valence-electron chi connectivity index (χ3n) is 4.01. The molecule has 0 saturated carbocycles. The number of hydrogen-bond donors (Lipinski definition) is 1. The Labute approximate surface area is 92.4 Å². The van der Waals surface area contributed by atoms with Crippen LogP contribution in [0.1, 0.15) is 38.5 Å². The van der Waals surface area contributed by atoms with Crippen molar-refractivity contribution in [1.29, 1.82) is 5.26 Å². The Hall–Kier alpha value is -0.590. The Morgan fingerprint density at radius 2 is 2.00 bits per heavy atom. The minimum atomic E-state index is 0.641. The van der Waals surface area contributed by atoms with E-state index in [9.17, 15) is 0 Å². The van der Waals surface area contributed by atoms with Gasteiger partial charge in [-0.3, -0.25) is 0 Å². The third-order valence-corrected chi connectivity index (χ3v) is 4.01. The summed E-state index contributed by atoms with van der Waals surface area (Å²) >= 11 is 0. The highest BCUT2D eigenvalue weighted by Gasteiger charge is 2.35. The zero-order valence-corrected chi connectivity index (χ0v) is 9.58. The van der Waals surface area contributed by atoms with Gasteiger partial charge < -0.3 is 10.2 Å². The predicted octanol–water partition coefficient (Wildman–Crippen LogP) is 1.50. The van der Waals surface area contributed by atoms with Crippen LogP contribution in [-0.2, 0) is 0 Å². The molecule has 0 aliphatic carbocycles. The first kappa shape index (κ1) is 10.9. The minimum Gasteiger partial charge on any atom is -0.313 e. The van der Waals surface area contributed by atoms with Crippen molar-refractivity contribution in [3.63, 3.8) is 0 Å². The Balaban J connectivity index is 1.82. The Kier molecular flexibility index (Phi) is 3.61. The van der Waals surface area contributed by atoms with Crippen LogP contribution in [0, 0.1) is 11.3 Å². The second-order valence-electron chi connectivity index (χ2n) is 4.93. The van der Waals surface area contributed by atoms with Gasteiger partial charge in [-0.1, -0.05) is 6.42 Å². The van der Waals surface area contributed by atoms with Gasteiger partial charge in [-0.25, -0.2) is 0 Å². The van der Waals surface area contributed by atoms with Crippen molar-refractivity contribution in [3.8, 4) is 6.07 Å². The summed E-state index contributed by atoms with van der Waals surface area (Å²) in [7, 11) is 2.28. The molecule has 0 radical (unpaired) electrons. The van der Waals surface area contributed by atoms with E-state index in [2.05, 4.69) is 23.3 Å². The maximum atomic E-state index is 8.50. The van der Waals surface area contributed by atoms with Crippen molar-refractivity contribution < 1.29 is 0 Å². The summed E-state index contributed by atoms with van der Waals surface area (Å²) in [5.41, 5.74) is 0. The van der Waals surface area contributed by atoms with E-state index in [1.807, 2.05) is 0 Å². The first-order chi connectivity index (χ1) is 7.31. The molecule has 2 aliphatic rings. The van der Waals surface area contributed by atoms with Crippen molar-refractivity contribution in [1.82, 2.24) is 10.2 Å². The summed E-state index contributed by atoms with van der Waals surface area (Å²) in [6.07, 6.45) is 7.33. The molecule has 2 saturated heterocycles. The molecule has 15 heavy (non-hydrogen) atoms.